The quantitative estimate of drug-likeness (QED) is 0.553. The molecule has 0 saturated carbocycles. The summed E-state index contributed by atoms with van der Waals surface area (Å²) in [5.74, 6) is -2.38. The first-order valence-electron chi connectivity index (χ1n) is 11.3. The first-order chi connectivity index (χ1) is 16.2. The van der Waals surface area contributed by atoms with E-state index in [-0.39, 0.29) is 35.4 Å². The van der Waals surface area contributed by atoms with E-state index >= 15 is 0 Å². The molecule has 3 rings (SSSR count). The van der Waals surface area contributed by atoms with Gasteiger partial charge in [-0.25, -0.2) is 17.2 Å². The van der Waals surface area contributed by atoms with Crippen molar-refractivity contribution in [2.24, 2.45) is 0 Å². The van der Waals surface area contributed by atoms with Gasteiger partial charge in [-0.2, -0.15) is 4.31 Å². The molecule has 1 saturated heterocycles. The Morgan fingerprint density at radius 1 is 1.00 bits per heavy atom. The van der Waals surface area contributed by atoms with Crippen LogP contribution in [-0.4, -0.2) is 50.2 Å². The molecule has 34 heavy (non-hydrogen) atoms. The van der Waals surface area contributed by atoms with Gasteiger partial charge in [0.05, 0.1) is 4.90 Å². The van der Waals surface area contributed by atoms with E-state index in [1.54, 1.807) is 12.1 Å². The van der Waals surface area contributed by atoms with Crippen molar-refractivity contribution in [2.75, 3.05) is 19.6 Å². The summed E-state index contributed by atoms with van der Waals surface area (Å²) in [5, 5.41) is 5.06. The highest BCUT2D eigenvalue weighted by Crippen LogP contribution is 2.27. The fraction of sp³-hybridized carbons (Fsp3) is 0.417. The van der Waals surface area contributed by atoms with Crippen LogP contribution in [0.4, 0.5) is 8.78 Å². The number of nitrogens with zero attached hydrogens (tertiary/aromatic N) is 1. The normalized spacial score (nSPS) is 16.7. The molecular weight excluding hydrogens is 464 g/mol. The minimum absolute atomic E-state index is 0.0443. The van der Waals surface area contributed by atoms with E-state index in [1.165, 1.54) is 35.5 Å². The summed E-state index contributed by atoms with van der Waals surface area (Å²) in [6.45, 7) is 2.23. The van der Waals surface area contributed by atoms with Crippen LogP contribution in [0.2, 0.25) is 0 Å². The molecule has 1 aliphatic heterocycles. The van der Waals surface area contributed by atoms with Crippen molar-refractivity contribution in [3.63, 3.8) is 0 Å². The molecule has 1 heterocycles. The molecule has 1 aliphatic rings. The molecule has 0 radical (unpaired) electrons. The molecule has 0 unspecified atom stereocenters. The summed E-state index contributed by atoms with van der Waals surface area (Å²) in [6, 6.07) is 9.29. The summed E-state index contributed by atoms with van der Waals surface area (Å²) in [7, 11) is -3.81. The molecule has 184 valence electrons. The first-order valence-corrected chi connectivity index (χ1v) is 12.7. The van der Waals surface area contributed by atoms with Crippen LogP contribution in [0.1, 0.15) is 36.8 Å². The topological polar surface area (TPSA) is 95.6 Å². The number of amides is 2. The molecule has 2 N–H and O–H groups in total. The Labute approximate surface area is 198 Å². The molecule has 2 amide bonds. The maximum atomic E-state index is 13.6. The molecule has 7 nitrogen and oxygen atoms in total. The zero-order valence-corrected chi connectivity index (χ0v) is 19.8. The van der Waals surface area contributed by atoms with Crippen LogP contribution in [0.3, 0.4) is 0 Å². The summed E-state index contributed by atoms with van der Waals surface area (Å²) < 4.78 is 54.2. The van der Waals surface area contributed by atoms with Gasteiger partial charge in [-0.3, -0.25) is 9.59 Å². The highest BCUT2D eigenvalue weighted by atomic mass is 32.2. The SMILES string of the molecule is Cc1cc(S(=O)(=O)N2CCCC[C@H]2CCNC(=O)C(=O)NCCc2ccc(F)cc2)ccc1F. The van der Waals surface area contributed by atoms with Gasteiger partial charge in [0.1, 0.15) is 11.6 Å². The number of rotatable bonds is 8. The van der Waals surface area contributed by atoms with Gasteiger partial charge in [0.25, 0.3) is 0 Å². The van der Waals surface area contributed by atoms with Crippen LogP contribution in [0, 0.1) is 18.6 Å². The fourth-order valence-corrected chi connectivity index (χ4v) is 5.79. The minimum Gasteiger partial charge on any atom is -0.348 e. The third-order valence-electron chi connectivity index (χ3n) is 5.89. The molecule has 10 heteroatoms. The van der Waals surface area contributed by atoms with Gasteiger partial charge in [0.15, 0.2) is 0 Å². The lowest BCUT2D eigenvalue weighted by Crippen LogP contribution is -2.46. The Kier molecular flexibility index (Phi) is 8.73. The van der Waals surface area contributed by atoms with Crippen molar-refractivity contribution in [2.45, 2.75) is 50.0 Å². The third kappa shape index (κ3) is 6.60. The Morgan fingerprint density at radius 3 is 2.35 bits per heavy atom. The predicted molar refractivity (Wildman–Crippen MR) is 123 cm³/mol. The van der Waals surface area contributed by atoms with Crippen LogP contribution in [0.5, 0.6) is 0 Å². The number of carbonyl (C=O) groups is 2. The van der Waals surface area contributed by atoms with Gasteiger partial charge < -0.3 is 10.6 Å². The highest BCUT2D eigenvalue weighted by molar-refractivity contribution is 7.89. The van der Waals surface area contributed by atoms with Crippen molar-refractivity contribution >= 4 is 21.8 Å². The fourth-order valence-electron chi connectivity index (χ4n) is 3.98. The second kappa shape index (κ2) is 11.5. The van der Waals surface area contributed by atoms with Gasteiger partial charge >= 0.3 is 11.8 Å². The third-order valence-corrected chi connectivity index (χ3v) is 7.84. The Hall–Kier alpha value is -2.85. The largest absolute Gasteiger partial charge is 0.348 e. The zero-order chi connectivity index (χ0) is 24.7. The number of aryl methyl sites for hydroxylation is 1. The Balaban J connectivity index is 1.49. The van der Waals surface area contributed by atoms with Gasteiger partial charge in [-0.1, -0.05) is 18.6 Å². The number of piperidine rings is 1. The van der Waals surface area contributed by atoms with Crippen molar-refractivity contribution in [1.29, 1.82) is 0 Å². The average Bonchev–Trinajstić information content (AvgIpc) is 2.82. The lowest BCUT2D eigenvalue weighted by Gasteiger charge is -2.34. The van der Waals surface area contributed by atoms with Gasteiger partial charge in [0.2, 0.25) is 10.0 Å². The monoisotopic (exact) mass is 493 g/mol. The van der Waals surface area contributed by atoms with Gasteiger partial charge in [0, 0.05) is 25.7 Å². The first kappa shape index (κ1) is 25.8. The summed E-state index contributed by atoms with van der Waals surface area (Å²) in [4.78, 5) is 24.2. The van der Waals surface area contributed by atoms with Gasteiger partial charge in [-0.15, -0.1) is 0 Å². The number of nitrogens with one attached hydrogen (secondary N) is 2. The summed E-state index contributed by atoms with van der Waals surface area (Å²) in [5.41, 5.74) is 1.09. The molecule has 1 fully saturated rings. The highest BCUT2D eigenvalue weighted by Gasteiger charge is 2.33. The van der Waals surface area contributed by atoms with Crippen LogP contribution in [0.25, 0.3) is 0 Å². The van der Waals surface area contributed by atoms with Crippen molar-refractivity contribution in [3.8, 4) is 0 Å². The van der Waals surface area contributed by atoms with Crippen LogP contribution < -0.4 is 10.6 Å². The number of hydrogen-bond donors (Lipinski definition) is 2. The smallest absolute Gasteiger partial charge is 0.309 e. The number of carbonyl (C=O) groups excluding carboxylic acids is 2. The number of sulfonamides is 1. The van der Waals surface area contributed by atoms with Crippen molar-refractivity contribution < 1.29 is 26.8 Å². The zero-order valence-electron chi connectivity index (χ0n) is 19.0. The lowest BCUT2D eigenvalue weighted by molar-refractivity contribution is -0.139. The molecule has 2 aromatic carbocycles. The summed E-state index contributed by atoms with van der Waals surface area (Å²) in [6.07, 6.45) is 3.03. The standard InChI is InChI=1S/C24H29F2N3O4S/c1-17-16-21(9-10-22(17)26)34(32,33)29-15-3-2-4-20(29)12-14-28-24(31)23(30)27-13-11-18-5-7-19(25)8-6-18/h5-10,16,20H,2-4,11-15H2,1H3,(H,27,30)(H,28,31)/t20-/m0/s1. The van der Waals surface area contributed by atoms with E-state index in [0.717, 1.165) is 24.5 Å². The van der Waals surface area contributed by atoms with Crippen LogP contribution in [-0.2, 0) is 26.0 Å². The van der Waals surface area contributed by atoms with E-state index in [1.807, 2.05) is 0 Å². The molecule has 0 aliphatic carbocycles. The van der Waals surface area contributed by atoms with E-state index in [2.05, 4.69) is 10.6 Å². The second-order valence-electron chi connectivity index (χ2n) is 8.35. The number of halogens is 2. The van der Waals surface area contributed by atoms with Crippen molar-refractivity contribution in [3.05, 3.63) is 65.2 Å². The second-order valence-corrected chi connectivity index (χ2v) is 10.2. The average molecular weight is 494 g/mol. The van der Waals surface area contributed by atoms with Gasteiger partial charge in [-0.05, 0) is 74.1 Å². The molecular formula is C24H29F2N3O4S. The van der Waals surface area contributed by atoms with E-state index < -0.39 is 27.7 Å². The molecule has 0 spiro atoms. The maximum absolute atomic E-state index is 13.6. The Morgan fingerprint density at radius 2 is 1.68 bits per heavy atom. The number of benzene rings is 2. The Bertz CT molecular complexity index is 1120. The van der Waals surface area contributed by atoms with E-state index in [0.29, 0.717) is 25.8 Å². The molecule has 0 aromatic heterocycles. The summed E-state index contributed by atoms with van der Waals surface area (Å²) >= 11 is 0. The minimum atomic E-state index is -3.81. The molecule has 0 bridgehead atoms. The van der Waals surface area contributed by atoms with Crippen molar-refractivity contribution in [1.82, 2.24) is 14.9 Å². The molecule has 2 aromatic rings. The van der Waals surface area contributed by atoms with E-state index in [9.17, 15) is 26.8 Å². The molecule has 1 atom stereocenters. The lowest BCUT2D eigenvalue weighted by atomic mass is 10.0. The van der Waals surface area contributed by atoms with Crippen LogP contribution in [0.15, 0.2) is 47.4 Å². The predicted octanol–water partition coefficient (Wildman–Crippen LogP) is 2.68. The number of hydrogen-bond acceptors (Lipinski definition) is 4. The van der Waals surface area contributed by atoms with Crippen LogP contribution >= 0.6 is 0 Å². The maximum Gasteiger partial charge on any atom is 0.309 e. The van der Waals surface area contributed by atoms with E-state index in [4.69, 9.17) is 0 Å².